The quantitative estimate of drug-likeness (QED) is 0.839. The number of carbonyl (C=O) groups excluding carboxylic acids is 1. The zero-order chi connectivity index (χ0) is 13.8. The molecule has 19 heavy (non-hydrogen) atoms. The number of hydrazine groups is 1. The lowest BCUT2D eigenvalue weighted by Crippen LogP contribution is -2.30. The molecular formula is C13H9F3N2O. The van der Waals surface area contributed by atoms with Crippen LogP contribution in [0.5, 0.6) is 0 Å². The molecule has 0 bridgehead atoms. The largest absolute Gasteiger partial charge is 0.298 e. The van der Waals surface area contributed by atoms with Gasteiger partial charge in [0.05, 0.1) is 11.3 Å². The first kappa shape index (κ1) is 12.9. The highest BCUT2D eigenvalue weighted by molar-refractivity contribution is 5.95. The van der Waals surface area contributed by atoms with Crippen LogP contribution in [0.3, 0.4) is 0 Å². The van der Waals surface area contributed by atoms with Gasteiger partial charge in [-0.05, 0) is 36.4 Å². The summed E-state index contributed by atoms with van der Waals surface area (Å²) in [7, 11) is 0. The van der Waals surface area contributed by atoms with E-state index in [0.29, 0.717) is 11.8 Å². The molecule has 0 heterocycles. The predicted octanol–water partition coefficient (Wildman–Crippen LogP) is 2.86. The van der Waals surface area contributed by atoms with E-state index in [1.807, 2.05) is 0 Å². The van der Waals surface area contributed by atoms with Crippen LogP contribution in [0.25, 0.3) is 0 Å². The number of hydrogen-bond acceptors (Lipinski definition) is 2. The van der Waals surface area contributed by atoms with Gasteiger partial charge in [0.15, 0.2) is 0 Å². The van der Waals surface area contributed by atoms with E-state index >= 15 is 0 Å². The van der Waals surface area contributed by atoms with Crippen molar-refractivity contribution in [1.82, 2.24) is 5.43 Å². The summed E-state index contributed by atoms with van der Waals surface area (Å²) >= 11 is 0. The van der Waals surface area contributed by atoms with Gasteiger partial charge in [-0.15, -0.1) is 0 Å². The Morgan fingerprint density at radius 1 is 0.895 bits per heavy atom. The summed E-state index contributed by atoms with van der Waals surface area (Å²) in [6.45, 7) is 0. The molecule has 0 saturated heterocycles. The van der Waals surface area contributed by atoms with E-state index in [1.54, 1.807) is 0 Å². The predicted molar refractivity (Wildman–Crippen MR) is 63.8 cm³/mol. The average Bonchev–Trinajstić information content (AvgIpc) is 2.37. The summed E-state index contributed by atoms with van der Waals surface area (Å²) in [6.07, 6.45) is 0. The summed E-state index contributed by atoms with van der Waals surface area (Å²) < 4.78 is 38.6. The highest BCUT2D eigenvalue weighted by Crippen LogP contribution is 2.10. The van der Waals surface area contributed by atoms with Crippen molar-refractivity contribution < 1.29 is 18.0 Å². The second-order valence-electron chi connectivity index (χ2n) is 3.71. The maximum atomic E-state index is 13.3. The smallest absolute Gasteiger partial charge is 0.272 e. The van der Waals surface area contributed by atoms with E-state index in [1.165, 1.54) is 24.3 Å². The van der Waals surface area contributed by atoms with Crippen molar-refractivity contribution in [1.29, 1.82) is 0 Å². The van der Waals surface area contributed by atoms with Crippen molar-refractivity contribution >= 4 is 11.6 Å². The van der Waals surface area contributed by atoms with Gasteiger partial charge < -0.3 is 0 Å². The van der Waals surface area contributed by atoms with Gasteiger partial charge >= 0.3 is 0 Å². The van der Waals surface area contributed by atoms with Crippen molar-refractivity contribution in [3.8, 4) is 0 Å². The van der Waals surface area contributed by atoms with Crippen LogP contribution in [0.1, 0.15) is 10.4 Å². The molecule has 98 valence electrons. The van der Waals surface area contributed by atoms with E-state index in [-0.39, 0.29) is 5.56 Å². The molecule has 0 unspecified atom stereocenters. The molecule has 6 heteroatoms. The second kappa shape index (κ2) is 5.43. The maximum Gasteiger partial charge on any atom is 0.272 e. The fourth-order valence-electron chi connectivity index (χ4n) is 1.40. The Morgan fingerprint density at radius 2 is 1.53 bits per heavy atom. The lowest BCUT2D eigenvalue weighted by Gasteiger charge is -2.08. The first-order chi connectivity index (χ1) is 9.06. The topological polar surface area (TPSA) is 41.1 Å². The van der Waals surface area contributed by atoms with Gasteiger partial charge in [0.2, 0.25) is 0 Å². The Balaban J connectivity index is 2.03. The van der Waals surface area contributed by atoms with Gasteiger partial charge in [0.25, 0.3) is 5.91 Å². The molecule has 0 radical (unpaired) electrons. The van der Waals surface area contributed by atoms with Gasteiger partial charge in [0, 0.05) is 6.07 Å². The van der Waals surface area contributed by atoms with Crippen molar-refractivity contribution in [2.45, 2.75) is 0 Å². The van der Waals surface area contributed by atoms with E-state index in [9.17, 15) is 18.0 Å². The molecule has 0 aromatic heterocycles. The number of hydrogen-bond donors (Lipinski definition) is 2. The third-order valence-electron chi connectivity index (χ3n) is 2.34. The summed E-state index contributed by atoms with van der Waals surface area (Å²) in [5.74, 6) is -2.90. The number of nitrogens with one attached hydrogen (secondary N) is 2. The Morgan fingerprint density at radius 3 is 2.16 bits per heavy atom. The van der Waals surface area contributed by atoms with Crippen LogP contribution < -0.4 is 10.9 Å². The molecule has 0 aliphatic rings. The highest BCUT2D eigenvalue weighted by atomic mass is 19.1. The summed E-state index contributed by atoms with van der Waals surface area (Å²) in [4.78, 5) is 11.6. The van der Waals surface area contributed by atoms with Crippen molar-refractivity contribution in [2.75, 3.05) is 5.43 Å². The average molecular weight is 266 g/mol. The number of amides is 1. The zero-order valence-corrected chi connectivity index (χ0v) is 9.58. The van der Waals surface area contributed by atoms with Crippen LogP contribution in [-0.4, -0.2) is 5.91 Å². The van der Waals surface area contributed by atoms with Crippen LogP contribution in [0, 0.1) is 17.5 Å². The molecule has 0 atom stereocenters. The molecule has 2 rings (SSSR count). The van der Waals surface area contributed by atoms with E-state index in [0.717, 1.165) is 12.1 Å². The fraction of sp³-hybridized carbons (Fsp3) is 0. The normalized spacial score (nSPS) is 10.1. The molecule has 0 fully saturated rings. The molecule has 0 aliphatic heterocycles. The molecule has 2 aromatic rings. The van der Waals surface area contributed by atoms with Crippen molar-refractivity contribution in [3.05, 3.63) is 65.5 Å². The van der Waals surface area contributed by atoms with Crippen LogP contribution in [0.15, 0.2) is 42.5 Å². The minimum absolute atomic E-state index is 0.295. The number of carbonyl (C=O) groups is 1. The Labute approximate surface area is 107 Å². The third kappa shape index (κ3) is 3.25. The Hall–Kier alpha value is -2.50. The molecular weight excluding hydrogens is 257 g/mol. The van der Waals surface area contributed by atoms with Gasteiger partial charge in [-0.25, -0.2) is 13.2 Å². The van der Waals surface area contributed by atoms with Gasteiger partial charge in [-0.2, -0.15) is 0 Å². The molecule has 1 amide bonds. The van der Waals surface area contributed by atoms with Gasteiger partial charge in [-0.1, -0.05) is 0 Å². The first-order valence-electron chi connectivity index (χ1n) is 5.33. The van der Waals surface area contributed by atoms with Crippen LogP contribution >= 0.6 is 0 Å². The number of halogens is 3. The minimum atomic E-state index is -0.960. The van der Waals surface area contributed by atoms with E-state index in [2.05, 4.69) is 10.9 Å². The zero-order valence-electron chi connectivity index (χ0n) is 9.58. The summed E-state index contributed by atoms with van der Waals surface area (Å²) in [5.41, 5.74) is 4.84. The van der Waals surface area contributed by atoms with Crippen molar-refractivity contribution in [2.24, 2.45) is 0 Å². The minimum Gasteiger partial charge on any atom is -0.298 e. The monoisotopic (exact) mass is 266 g/mol. The van der Waals surface area contributed by atoms with Gasteiger partial charge in [-0.3, -0.25) is 15.6 Å². The van der Waals surface area contributed by atoms with Crippen LogP contribution in [-0.2, 0) is 0 Å². The van der Waals surface area contributed by atoms with Gasteiger partial charge in [0.1, 0.15) is 17.5 Å². The Kier molecular flexibility index (Phi) is 3.70. The standard InChI is InChI=1S/C13H9F3N2O/c14-8-1-4-10(5-2-8)17-18-13(19)11-6-3-9(15)7-12(11)16/h1-7,17H,(H,18,19). The first-order valence-corrected chi connectivity index (χ1v) is 5.33. The molecule has 0 aliphatic carbocycles. The summed E-state index contributed by atoms with van der Waals surface area (Å²) in [5, 5.41) is 0. The Bertz CT molecular complexity index is 599. The number of benzene rings is 2. The van der Waals surface area contributed by atoms with E-state index < -0.39 is 23.4 Å². The van der Waals surface area contributed by atoms with Crippen LogP contribution in [0.2, 0.25) is 0 Å². The fourth-order valence-corrected chi connectivity index (χ4v) is 1.40. The lowest BCUT2D eigenvalue weighted by atomic mass is 10.2. The number of anilines is 1. The van der Waals surface area contributed by atoms with Crippen molar-refractivity contribution in [3.63, 3.8) is 0 Å². The molecule has 0 spiro atoms. The SMILES string of the molecule is O=C(NNc1ccc(F)cc1)c1ccc(F)cc1F. The second-order valence-corrected chi connectivity index (χ2v) is 3.71. The molecule has 2 N–H and O–H groups in total. The van der Waals surface area contributed by atoms with Crippen LogP contribution in [0.4, 0.5) is 18.9 Å². The maximum absolute atomic E-state index is 13.3. The molecule has 0 saturated carbocycles. The third-order valence-corrected chi connectivity index (χ3v) is 2.34. The number of rotatable bonds is 3. The van der Waals surface area contributed by atoms with E-state index in [4.69, 9.17) is 0 Å². The molecule has 2 aromatic carbocycles. The molecule has 3 nitrogen and oxygen atoms in total. The highest BCUT2D eigenvalue weighted by Gasteiger charge is 2.11. The lowest BCUT2D eigenvalue weighted by molar-refractivity contribution is 0.0958. The summed E-state index contributed by atoms with van der Waals surface area (Å²) in [6, 6.07) is 7.84.